The third-order valence-electron chi connectivity index (χ3n) is 3.63. The molecule has 0 aromatic rings. The van der Waals surface area contributed by atoms with Crippen LogP contribution >= 0.6 is 0 Å². The van der Waals surface area contributed by atoms with E-state index in [2.05, 4.69) is 17.6 Å². The Morgan fingerprint density at radius 3 is 2.93 bits per heavy atom. The van der Waals surface area contributed by atoms with Crippen molar-refractivity contribution in [2.75, 3.05) is 13.1 Å². The van der Waals surface area contributed by atoms with Crippen LogP contribution < -0.4 is 10.6 Å². The smallest absolute Gasteiger partial charge is 0.220 e. The van der Waals surface area contributed by atoms with E-state index in [9.17, 15) is 4.79 Å². The molecular formula is C12H22N2O. The Hall–Kier alpha value is -0.570. The molecule has 3 heteroatoms. The minimum Gasteiger partial charge on any atom is -0.353 e. The van der Waals surface area contributed by atoms with Crippen molar-refractivity contribution in [1.29, 1.82) is 0 Å². The van der Waals surface area contributed by atoms with Gasteiger partial charge in [0.1, 0.15) is 0 Å². The van der Waals surface area contributed by atoms with Crippen molar-refractivity contribution in [2.24, 2.45) is 11.8 Å². The fraction of sp³-hybridized carbons (Fsp3) is 0.917. The SMILES string of the molecule is CC1CC1NC(=O)CC1CCCNCC1. The second-order valence-corrected chi connectivity index (χ2v) is 5.14. The van der Waals surface area contributed by atoms with E-state index in [4.69, 9.17) is 0 Å². The van der Waals surface area contributed by atoms with E-state index in [1.54, 1.807) is 0 Å². The highest BCUT2D eigenvalue weighted by Crippen LogP contribution is 2.29. The highest BCUT2D eigenvalue weighted by molar-refractivity contribution is 5.76. The van der Waals surface area contributed by atoms with Crippen LogP contribution in [0.3, 0.4) is 0 Å². The van der Waals surface area contributed by atoms with Gasteiger partial charge in [-0.25, -0.2) is 0 Å². The van der Waals surface area contributed by atoms with Crippen molar-refractivity contribution in [3.8, 4) is 0 Å². The first kappa shape index (κ1) is 10.9. The number of hydrogen-bond acceptors (Lipinski definition) is 2. The van der Waals surface area contributed by atoms with E-state index in [0.717, 1.165) is 25.9 Å². The third-order valence-corrected chi connectivity index (χ3v) is 3.63. The zero-order valence-electron chi connectivity index (χ0n) is 9.59. The lowest BCUT2D eigenvalue weighted by molar-refractivity contribution is -0.122. The van der Waals surface area contributed by atoms with Crippen molar-refractivity contribution in [2.45, 2.75) is 45.1 Å². The van der Waals surface area contributed by atoms with E-state index in [-0.39, 0.29) is 5.91 Å². The average Bonchev–Trinajstić information content (AvgIpc) is 2.91. The molecule has 0 radical (unpaired) electrons. The van der Waals surface area contributed by atoms with Crippen LogP contribution in [0.2, 0.25) is 0 Å². The Morgan fingerprint density at radius 2 is 2.20 bits per heavy atom. The number of carbonyl (C=O) groups is 1. The quantitative estimate of drug-likeness (QED) is 0.737. The van der Waals surface area contributed by atoms with Crippen LogP contribution in [0, 0.1) is 11.8 Å². The molecule has 1 amide bonds. The Bertz CT molecular complexity index is 222. The van der Waals surface area contributed by atoms with Gasteiger partial charge < -0.3 is 10.6 Å². The number of amides is 1. The second-order valence-electron chi connectivity index (χ2n) is 5.14. The van der Waals surface area contributed by atoms with Gasteiger partial charge in [-0.1, -0.05) is 6.92 Å². The maximum atomic E-state index is 11.7. The summed E-state index contributed by atoms with van der Waals surface area (Å²) in [6.07, 6.45) is 5.51. The molecule has 15 heavy (non-hydrogen) atoms. The van der Waals surface area contributed by atoms with Crippen LogP contribution in [-0.4, -0.2) is 25.0 Å². The van der Waals surface area contributed by atoms with Gasteiger partial charge in [-0.3, -0.25) is 4.79 Å². The van der Waals surface area contributed by atoms with Gasteiger partial charge >= 0.3 is 0 Å². The number of rotatable bonds is 3. The van der Waals surface area contributed by atoms with Crippen molar-refractivity contribution in [3.05, 3.63) is 0 Å². The molecule has 3 atom stereocenters. The summed E-state index contributed by atoms with van der Waals surface area (Å²) in [5, 5.41) is 6.49. The van der Waals surface area contributed by atoms with Gasteiger partial charge in [-0.05, 0) is 50.6 Å². The standard InChI is InChI=1S/C12H22N2O/c1-9-7-11(9)14-12(15)8-10-3-2-5-13-6-4-10/h9-11,13H,2-8H2,1H3,(H,14,15). The maximum absolute atomic E-state index is 11.7. The largest absolute Gasteiger partial charge is 0.353 e. The van der Waals surface area contributed by atoms with Crippen molar-refractivity contribution in [3.63, 3.8) is 0 Å². The van der Waals surface area contributed by atoms with Crippen LogP contribution in [0.5, 0.6) is 0 Å². The van der Waals surface area contributed by atoms with Crippen molar-refractivity contribution < 1.29 is 4.79 Å². The summed E-state index contributed by atoms with van der Waals surface area (Å²) in [6.45, 7) is 4.40. The molecule has 0 aromatic carbocycles. The summed E-state index contributed by atoms with van der Waals surface area (Å²) in [6, 6.07) is 0.487. The van der Waals surface area contributed by atoms with Crippen LogP contribution in [0.15, 0.2) is 0 Å². The lowest BCUT2D eigenvalue weighted by Crippen LogP contribution is -2.28. The molecule has 1 saturated carbocycles. The lowest BCUT2D eigenvalue weighted by atomic mass is 9.96. The van der Waals surface area contributed by atoms with Crippen LogP contribution in [0.4, 0.5) is 0 Å². The highest BCUT2D eigenvalue weighted by Gasteiger charge is 2.34. The first-order chi connectivity index (χ1) is 7.25. The number of carbonyl (C=O) groups excluding carboxylic acids is 1. The predicted molar refractivity (Wildman–Crippen MR) is 60.5 cm³/mol. The zero-order valence-corrected chi connectivity index (χ0v) is 9.59. The number of nitrogens with one attached hydrogen (secondary N) is 2. The van der Waals surface area contributed by atoms with Crippen molar-refractivity contribution in [1.82, 2.24) is 10.6 Å². The summed E-state index contributed by atoms with van der Waals surface area (Å²) < 4.78 is 0. The van der Waals surface area contributed by atoms with E-state index < -0.39 is 0 Å². The molecule has 2 rings (SSSR count). The van der Waals surface area contributed by atoms with E-state index in [1.165, 1.54) is 19.3 Å². The lowest BCUT2D eigenvalue weighted by Gasteiger charge is -2.13. The molecule has 2 fully saturated rings. The normalized spacial score (nSPS) is 35.7. The molecule has 3 unspecified atom stereocenters. The summed E-state index contributed by atoms with van der Waals surface area (Å²) >= 11 is 0. The maximum Gasteiger partial charge on any atom is 0.220 e. The molecule has 0 aromatic heterocycles. The summed E-state index contributed by atoms with van der Waals surface area (Å²) in [7, 11) is 0. The van der Waals surface area contributed by atoms with Gasteiger partial charge in [-0.15, -0.1) is 0 Å². The fourth-order valence-electron chi connectivity index (χ4n) is 2.35. The zero-order chi connectivity index (χ0) is 10.7. The average molecular weight is 210 g/mol. The molecule has 2 N–H and O–H groups in total. The molecule has 2 aliphatic rings. The minimum atomic E-state index is 0.274. The molecular weight excluding hydrogens is 188 g/mol. The van der Waals surface area contributed by atoms with Gasteiger partial charge in [0.2, 0.25) is 5.91 Å². The summed E-state index contributed by atoms with van der Waals surface area (Å²) in [5.74, 6) is 1.59. The Kier molecular flexibility index (Phi) is 3.62. The molecule has 1 aliphatic heterocycles. The molecule has 86 valence electrons. The molecule has 3 nitrogen and oxygen atoms in total. The van der Waals surface area contributed by atoms with Gasteiger partial charge in [0.25, 0.3) is 0 Å². The highest BCUT2D eigenvalue weighted by atomic mass is 16.1. The summed E-state index contributed by atoms with van der Waals surface area (Å²) in [4.78, 5) is 11.7. The number of hydrogen-bond donors (Lipinski definition) is 2. The summed E-state index contributed by atoms with van der Waals surface area (Å²) in [5.41, 5.74) is 0. The Labute approximate surface area is 92.0 Å². The molecule has 0 bridgehead atoms. The third kappa shape index (κ3) is 3.49. The Morgan fingerprint density at radius 1 is 1.40 bits per heavy atom. The van der Waals surface area contributed by atoms with Crippen molar-refractivity contribution >= 4 is 5.91 Å². The topological polar surface area (TPSA) is 41.1 Å². The van der Waals surface area contributed by atoms with Gasteiger partial charge in [0.05, 0.1) is 0 Å². The van der Waals surface area contributed by atoms with E-state index in [1.807, 2.05) is 0 Å². The van der Waals surface area contributed by atoms with Gasteiger partial charge in [0, 0.05) is 12.5 Å². The molecule has 1 heterocycles. The predicted octanol–water partition coefficient (Wildman–Crippen LogP) is 1.29. The Balaban J connectivity index is 1.67. The minimum absolute atomic E-state index is 0.274. The second kappa shape index (κ2) is 4.97. The fourth-order valence-corrected chi connectivity index (χ4v) is 2.35. The van der Waals surface area contributed by atoms with Crippen LogP contribution in [0.1, 0.15) is 39.0 Å². The van der Waals surface area contributed by atoms with Gasteiger partial charge in [0.15, 0.2) is 0 Å². The van der Waals surface area contributed by atoms with E-state index in [0.29, 0.717) is 17.9 Å². The first-order valence-electron chi connectivity index (χ1n) is 6.26. The molecule has 0 spiro atoms. The van der Waals surface area contributed by atoms with Crippen LogP contribution in [-0.2, 0) is 4.79 Å². The van der Waals surface area contributed by atoms with E-state index >= 15 is 0 Å². The molecule has 1 saturated heterocycles. The molecule has 1 aliphatic carbocycles. The first-order valence-corrected chi connectivity index (χ1v) is 6.26. The monoisotopic (exact) mass is 210 g/mol. The van der Waals surface area contributed by atoms with Crippen LogP contribution in [0.25, 0.3) is 0 Å². The van der Waals surface area contributed by atoms with Gasteiger partial charge in [-0.2, -0.15) is 0 Å².